The number of likely N-dealkylation sites (N-methyl/N-ethyl adjacent to an activating group) is 1. The number of rotatable bonds is 5. The van der Waals surface area contributed by atoms with Gasteiger partial charge in [-0.1, -0.05) is 12.1 Å². The molecule has 1 aromatic heterocycles. The van der Waals surface area contributed by atoms with Gasteiger partial charge in [-0.2, -0.15) is 11.3 Å². The van der Waals surface area contributed by atoms with E-state index in [1.54, 1.807) is 17.4 Å². The summed E-state index contributed by atoms with van der Waals surface area (Å²) in [6.07, 6.45) is 3.57. The van der Waals surface area contributed by atoms with E-state index in [4.69, 9.17) is 0 Å². The summed E-state index contributed by atoms with van der Waals surface area (Å²) < 4.78 is 0. The normalized spacial score (nSPS) is 15.0. The Morgan fingerprint density at radius 2 is 2.35 bits per heavy atom. The van der Waals surface area contributed by atoms with E-state index in [1.807, 2.05) is 35.0 Å². The molecule has 0 bridgehead atoms. The molecule has 2 N–H and O–H groups in total. The second-order valence-corrected chi connectivity index (χ2v) is 6.49. The van der Waals surface area contributed by atoms with Crippen molar-refractivity contribution in [1.29, 1.82) is 0 Å². The van der Waals surface area contributed by atoms with Gasteiger partial charge in [-0.05, 0) is 52.1 Å². The van der Waals surface area contributed by atoms with Gasteiger partial charge in [0.05, 0.1) is 6.10 Å². The molecule has 23 heavy (non-hydrogen) atoms. The molecular weight excluding hydrogens is 308 g/mol. The maximum atomic E-state index is 11.8. The van der Waals surface area contributed by atoms with Crippen molar-refractivity contribution in [2.45, 2.75) is 12.5 Å². The number of fused-ring (bicyclic) bond motifs is 1. The molecule has 1 aromatic carbocycles. The molecule has 0 aliphatic carbocycles. The van der Waals surface area contributed by atoms with Gasteiger partial charge < -0.3 is 15.3 Å². The average molecular weight is 328 g/mol. The van der Waals surface area contributed by atoms with Gasteiger partial charge in [0.25, 0.3) is 0 Å². The van der Waals surface area contributed by atoms with Crippen molar-refractivity contribution >= 4 is 29.0 Å². The van der Waals surface area contributed by atoms with E-state index in [0.717, 1.165) is 24.1 Å². The summed E-state index contributed by atoms with van der Waals surface area (Å²) in [5, 5.41) is 16.9. The fraction of sp³-hybridized carbons (Fsp3) is 0.278. The summed E-state index contributed by atoms with van der Waals surface area (Å²) in [6.45, 7) is 1.22. The van der Waals surface area contributed by atoms with Gasteiger partial charge in [-0.15, -0.1) is 0 Å². The van der Waals surface area contributed by atoms with Crippen LogP contribution in [0.4, 0.5) is 5.69 Å². The minimum Gasteiger partial charge on any atom is -0.387 e. The number of nitrogens with zero attached hydrogens (tertiary/aromatic N) is 1. The first kappa shape index (κ1) is 15.8. The van der Waals surface area contributed by atoms with Gasteiger partial charge in [0, 0.05) is 31.9 Å². The topological polar surface area (TPSA) is 52.6 Å². The molecule has 0 radical (unpaired) electrons. The first-order valence-electron chi connectivity index (χ1n) is 7.63. The summed E-state index contributed by atoms with van der Waals surface area (Å²) in [6, 6.07) is 7.96. The van der Waals surface area contributed by atoms with Crippen LogP contribution < -0.4 is 10.2 Å². The summed E-state index contributed by atoms with van der Waals surface area (Å²) in [4.78, 5) is 14.0. The number of aliphatic hydroxyl groups excluding tert-OH is 1. The second kappa shape index (κ2) is 6.98. The van der Waals surface area contributed by atoms with E-state index in [9.17, 15) is 9.90 Å². The number of anilines is 1. The summed E-state index contributed by atoms with van der Waals surface area (Å²) in [7, 11) is 2.07. The zero-order chi connectivity index (χ0) is 16.2. The predicted molar refractivity (Wildman–Crippen MR) is 94.7 cm³/mol. The zero-order valence-corrected chi connectivity index (χ0v) is 13.8. The van der Waals surface area contributed by atoms with E-state index in [1.165, 1.54) is 17.3 Å². The maximum Gasteiger partial charge on any atom is 0.244 e. The third kappa shape index (κ3) is 3.81. The Balaban J connectivity index is 1.55. The molecule has 1 amide bonds. The summed E-state index contributed by atoms with van der Waals surface area (Å²) in [5.74, 6) is -0.198. The van der Waals surface area contributed by atoms with E-state index in [0.29, 0.717) is 0 Å². The molecule has 3 rings (SSSR count). The van der Waals surface area contributed by atoms with Crippen LogP contribution in [0.1, 0.15) is 22.8 Å². The Kier molecular flexibility index (Phi) is 4.79. The number of carbonyl (C=O) groups excluding carboxylic acids is 1. The van der Waals surface area contributed by atoms with Crippen LogP contribution in [0.3, 0.4) is 0 Å². The standard InChI is InChI=1S/C18H20N2O2S/c1-20-8-6-14-10-15(3-4-16(14)20)17(21)11-19-18(22)5-2-13-7-9-23-12-13/h2-5,7,9-10,12,17,21H,6,8,11H2,1H3,(H,19,22)/b5-2+/t17-/m0/s1. The largest absolute Gasteiger partial charge is 0.387 e. The lowest BCUT2D eigenvalue weighted by molar-refractivity contribution is -0.116. The lowest BCUT2D eigenvalue weighted by atomic mass is 10.0. The second-order valence-electron chi connectivity index (χ2n) is 5.71. The Morgan fingerprint density at radius 1 is 1.48 bits per heavy atom. The van der Waals surface area contributed by atoms with Crippen molar-refractivity contribution in [1.82, 2.24) is 5.32 Å². The Morgan fingerprint density at radius 3 is 3.13 bits per heavy atom. The van der Waals surface area contributed by atoms with E-state index in [2.05, 4.69) is 17.3 Å². The van der Waals surface area contributed by atoms with Crippen LogP contribution in [-0.4, -0.2) is 31.2 Å². The number of thiophene rings is 1. The highest BCUT2D eigenvalue weighted by Crippen LogP contribution is 2.29. The third-order valence-electron chi connectivity index (χ3n) is 4.06. The first-order valence-corrected chi connectivity index (χ1v) is 8.58. The zero-order valence-electron chi connectivity index (χ0n) is 13.0. The van der Waals surface area contributed by atoms with Crippen molar-refractivity contribution in [2.75, 3.05) is 25.0 Å². The highest BCUT2D eigenvalue weighted by Gasteiger charge is 2.17. The minimum absolute atomic E-state index is 0.198. The van der Waals surface area contributed by atoms with Gasteiger partial charge in [0.15, 0.2) is 0 Å². The van der Waals surface area contributed by atoms with Crippen molar-refractivity contribution in [3.63, 3.8) is 0 Å². The molecule has 0 spiro atoms. The van der Waals surface area contributed by atoms with Crippen molar-refractivity contribution in [3.05, 3.63) is 57.8 Å². The summed E-state index contributed by atoms with van der Waals surface area (Å²) in [5.41, 5.74) is 4.34. The van der Waals surface area contributed by atoms with Gasteiger partial charge >= 0.3 is 0 Å². The van der Waals surface area contributed by atoms with Crippen molar-refractivity contribution in [3.8, 4) is 0 Å². The van der Waals surface area contributed by atoms with Crippen LogP contribution in [0.15, 0.2) is 41.1 Å². The number of aliphatic hydroxyl groups is 1. The van der Waals surface area contributed by atoms with Crippen LogP contribution in [0.2, 0.25) is 0 Å². The molecule has 2 aromatic rings. The Hall–Kier alpha value is -2.11. The maximum absolute atomic E-state index is 11.8. The molecule has 5 heteroatoms. The van der Waals surface area contributed by atoms with Crippen LogP contribution in [0.25, 0.3) is 6.08 Å². The minimum atomic E-state index is -0.690. The number of amides is 1. The fourth-order valence-corrected chi connectivity index (χ4v) is 3.34. The predicted octanol–water partition coefficient (Wildman–Crippen LogP) is 2.60. The van der Waals surface area contributed by atoms with Crippen LogP contribution in [-0.2, 0) is 11.2 Å². The van der Waals surface area contributed by atoms with Crippen molar-refractivity contribution < 1.29 is 9.90 Å². The highest BCUT2D eigenvalue weighted by atomic mass is 32.1. The number of nitrogens with one attached hydrogen (secondary N) is 1. The molecule has 0 saturated carbocycles. The molecule has 120 valence electrons. The van der Waals surface area contributed by atoms with Crippen molar-refractivity contribution in [2.24, 2.45) is 0 Å². The molecular formula is C18H20N2O2S. The molecule has 1 aliphatic heterocycles. The molecule has 1 atom stereocenters. The molecule has 0 unspecified atom stereocenters. The number of carbonyl (C=O) groups is 1. The Bertz CT molecular complexity index is 710. The lowest BCUT2D eigenvalue weighted by Gasteiger charge is -2.15. The van der Waals surface area contributed by atoms with Crippen LogP contribution in [0.5, 0.6) is 0 Å². The quantitative estimate of drug-likeness (QED) is 0.830. The fourth-order valence-electron chi connectivity index (χ4n) is 2.71. The number of hydrogen-bond acceptors (Lipinski definition) is 4. The third-order valence-corrected chi connectivity index (χ3v) is 4.76. The number of benzene rings is 1. The first-order chi connectivity index (χ1) is 11.1. The molecule has 2 heterocycles. The van der Waals surface area contributed by atoms with E-state index < -0.39 is 6.10 Å². The van der Waals surface area contributed by atoms with E-state index in [-0.39, 0.29) is 12.5 Å². The lowest BCUT2D eigenvalue weighted by Crippen LogP contribution is -2.26. The highest BCUT2D eigenvalue weighted by molar-refractivity contribution is 7.08. The average Bonchev–Trinajstić information content (AvgIpc) is 3.20. The molecule has 0 fully saturated rings. The van der Waals surface area contributed by atoms with Crippen LogP contribution >= 0.6 is 11.3 Å². The van der Waals surface area contributed by atoms with Gasteiger partial charge in [-0.3, -0.25) is 4.79 Å². The molecule has 1 aliphatic rings. The van der Waals surface area contributed by atoms with Gasteiger partial charge in [-0.25, -0.2) is 0 Å². The Labute approximate surface area is 140 Å². The summed E-state index contributed by atoms with van der Waals surface area (Å²) >= 11 is 1.59. The smallest absolute Gasteiger partial charge is 0.244 e. The van der Waals surface area contributed by atoms with Crippen LogP contribution in [0, 0.1) is 0 Å². The monoisotopic (exact) mass is 328 g/mol. The molecule has 0 saturated heterocycles. The SMILES string of the molecule is CN1CCc2cc([C@@H](O)CNC(=O)/C=C/c3ccsc3)ccc21. The van der Waals surface area contributed by atoms with E-state index >= 15 is 0 Å². The molecule has 4 nitrogen and oxygen atoms in total. The van der Waals surface area contributed by atoms with Gasteiger partial charge in [0.1, 0.15) is 0 Å². The van der Waals surface area contributed by atoms with Gasteiger partial charge in [0.2, 0.25) is 5.91 Å². The number of hydrogen-bond donors (Lipinski definition) is 2.